The van der Waals surface area contributed by atoms with Crippen molar-refractivity contribution in [3.8, 4) is 28.7 Å². The van der Waals surface area contributed by atoms with Gasteiger partial charge in [0.25, 0.3) is 0 Å². The van der Waals surface area contributed by atoms with Gasteiger partial charge in [-0.2, -0.15) is 5.26 Å². The third-order valence-electron chi connectivity index (χ3n) is 5.68. The lowest BCUT2D eigenvalue weighted by Gasteiger charge is -2.15. The molecule has 6 heteroatoms. The zero-order valence-electron chi connectivity index (χ0n) is 16.3. The van der Waals surface area contributed by atoms with E-state index < -0.39 is 5.67 Å². The molecule has 0 N–H and O–H groups in total. The normalized spacial score (nSPS) is 15.3. The van der Waals surface area contributed by atoms with Crippen LogP contribution in [0.25, 0.3) is 33.5 Å². The minimum absolute atomic E-state index is 0.186. The SMILES string of the molecule is N#Cc1ccc(-c2cnc(CC3(F)CCCC3)o2)c(-c2ccc3cccnc3c2)n1. The van der Waals surface area contributed by atoms with E-state index in [1.165, 1.54) is 0 Å². The fourth-order valence-electron chi connectivity index (χ4n) is 4.13. The number of hydrogen-bond donors (Lipinski definition) is 0. The van der Waals surface area contributed by atoms with Crippen molar-refractivity contribution in [2.45, 2.75) is 37.8 Å². The minimum Gasteiger partial charge on any atom is -0.441 e. The van der Waals surface area contributed by atoms with E-state index in [1.54, 1.807) is 24.5 Å². The van der Waals surface area contributed by atoms with Crippen LogP contribution >= 0.6 is 0 Å². The van der Waals surface area contributed by atoms with Gasteiger partial charge in [0.2, 0.25) is 0 Å². The molecule has 1 aliphatic rings. The van der Waals surface area contributed by atoms with Crippen LogP contribution in [-0.4, -0.2) is 20.6 Å². The van der Waals surface area contributed by atoms with Crippen LogP contribution in [-0.2, 0) is 6.42 Å². The standard InChI is InChI=1S/C24H19FN4O/c25-24(9-1-2-10-24)13-22-28-15-21(30-22)19-8-7-18(14-26)29-23(19)17-6-5-16-4-3-11-27-20(16)12-17/h3-8,11-12,15H,1-2,9-10,13H2. The monoisotopic (exact) mass is 398 g/mol. The van der Waals surface area contributed by atoms with Gasteiger partial charge in [0.1, 0.15) is 17.4 Å². The molecule has 0 atom stereocenters. The van der Waals surface area contributed by atoms with Crippen LogP contribution in [0.3, 0.4) is 0 Å². The van der Waals surface area contributed by atoms with Gasteiger partial charge in [-0.3, -0.25) is 4.98 Å². The lowest BCUT2D eigenvalue weighted by Crippen LogP contribution is -2.21. The molecule has 3 aromatic heterocycles. The molecule has 0 saturated heterocycles. The Morgan fingerprint density at radius 1 is 1.10 bits per heavy atom. The summed E-state index contributed by atoms with van der Waals surface area (Å²) in [4.78, 5) is 13.2. The minimum atomic E-state index is -1.22. The molecule has 5 rings (SSSR count). The van der Waals surface area contributed by atoms with Gasteiger partial charge in [-0.05, 0) is 37.1 Å². The Bertz CT molecular complexity index is 1270. The topological polar surface area (TPSA) is 75.6 Å². The van der Waals surface area contributed by atoms with E-state index in [9.17, 15) is 9.65 Å². The number of fused-ring (bicyclic) bond motifs is 1. The molecule has 5 nitrogen and oxygen atoms in total. The van der Waals surface area contributed by atoms with Crippen molar-refractivity contribution >= 4 is 10.9 Å². The highest BCUT2D eigenvalue weighted by molar-refractivity contribution is 5.87. The van der Waals surface area contributed by atoms with E-state index in [4.69, 9.17) is 4.42 Å². The second-order valence-corrected chi connectivity index (χ2v) is 7.77. The maximum Gasteiger partial charge on any atom is 0.198 e. The van der Waals surface area contributed by atoms with Crippen LogP contribution in [0.5, 0.6) is 0 Å². The number of hydrogen-bond acceptors (Lipinski definition) is 5. The Labute approximate surface area is 173 Å². The molecule has 1 saturated carbocycles. The van der Waals surface area contributed by atoms with Gasteiger partial charge in [-0.1, -0.05) is 31.0 Å². The summed E-state index contributed by atoms with van der Waals surface area (Å²) >= 11 is 0. The lowest BCUT2D eigenvalue weighted by atomic mass is 10.0. The zero-order valence-corrected chi connectivity index (χ0v) is 16.3. The molecule has 0 aliphatic heterocycles. The molecule has 0 amide bonds. The summed E-state index contributed by atoms with van der Waals surface area (Å²) in [5, 5.41) is 10.4. The predicted octanol–water partition coefficient (Wildman–Crippen LogP) is 5.65. The number of halogens is 1. The fourth-order valence-corrected chi connectivity index (χ4v) is 4.13. The molecule has 1 aromatic carbocycles. The molecule has 1 aliphatic carbocycles. The summed E-state index contributed by atoms with van der Waals surface area (Å²) in [5.74, 6) is 0.907. The molecule has 30 heavy (non-hydrogen) atoms. The van der Waals surface area contributed by atoms with Gasteiger partial charge in [-0.15, -0.1) is 0 Å². The number of nitriles is 1. The first kappa shape index (κ1) is 18.4. The number of pyridine rings is 2. The van der Waals surface area contributed by atoms with Crippen molar-refractivity contribution in [2.75, 3.05) is 0 Å². The Morgan fingerprint density at radius 2 is 1.97 bits per heavy atom. The largest absolute Gasteiger partial charge is 0.441 e. The Hall–Kier alpha value is -3.59. The Morgan fingerprint density at radius 3 is 2.80 bits per heavy atom. The van der Waals surface area contributed by atoms with E-state index in [0.29, 0.717) is 41.4 Å². The van der Waals surface area contributed by atoms with Crippen molar-refractivity contribution in [3.05, 3.63) is 66.4 Å². The van der Waals surface area contributed by atoms with Gasteiger partial charge in [-0.25, -0.2) is 14.4 Å². The number of aromatic nitrogens is 3. The van der Waals surface area contributed by atoms with Crippen LogP contribution in [0.15, 0.2) is 59.3 Å². The van der Waals surface area contributed by atoms with E-state index >= 15 is 0 Å². The van der Waals surface area contributed by atoms with Crippen molar-refractivity contribution in [1.82, 2.24) is 15.0 Å². The highest BCUT2D eigenvalue weighted by atomic mass is 19.1. The number of benzene rings is 1. The highest BCUT2D eigenvalue weighted by Gasteiger charge is 2.35. The third kappa shape index (κ3) is 3.43. The number of alkyl halides is 1. The first-order chi connectivity index (χ1) is 14.6. The summed E-state index contributed by atoms with van der Waals surface area (Å²) in [5.41, 5.74) is 2.07. The van der Waals surface area contributed by atoms with Crippen LogP contribution < -0.4 is 0 Å². The summed E-state index contributed by atoms with van der Waals surface area (Å²) in [6.07, 6.45) is 6.46. The summed E-state index contributed by atoms with van der Waals surface area (Å²) in [6.45, 7) is 0. The average Bonchev–Trinajstić information content (AvgIpc) is 3.42. The maximum absolute atomic E-state index is 14.8. The molecule has 0 unspecified atom stereocenters. The molecule has 3 heterocycles. The van der Waals surface area contributed by atoms with Crippen molar-refractivity contribution in [3.63, 3.8) is 0 Å². The smallest absolute Gasteiger partial charge is 0.198 e. The molecule has 0 radical (unpaired) electrons. The second kappa shape index (κ2) is 7.34. The first-order valence-electron chi connectivity index (χ1n) is 10.0. The van der Waals surface area contributed by atoms with Crippen molar-refractivity contribution < 1.29 is 8.81 Å². The third-order valence-corrected chi connectivity index (χ3v) is 5.68. The number of nitrogens with zero attached hydrogens (tertiary/aromatic N) is 4. The lowest BCUT2D eigenvalue weighted by molar-refractivity contribution is 0.161. The van der Waals surface area contributed by atoms with Gasteiger partial charge in [0.15, 0.2) is 11.7 Å². The molecular weight excluding hydrogens is 379 g/mol. The highest BCUT2D eigenvalue weighted by Crippen LogP contribution is 2.38. The second-order valence-electron chi connectivity index (χ2n) is 7.77. The van der Waals surface area contributed by atoms with E-state index in [2.05, 4.69) is 21.0 Å². The summed E-state index contributed by atoms with van der Waals surface area (Å²) < 4.78 is 20.8. The van der Waals surface area contributed by atoms with Gasteiger partial charge in [0, 0.05) is 22.7 Å². The molecular formula is C24H19FN4O. The fraction of sp³-hybridized carbons (Fsp3) is 0.250. The molecule has 4 aromatic rings. The molecule has 148 valence electrons. The quantitative estimate of drug-likeness (QED) is 0.444. The first-order valence-corrected chi connectivity index (χ1v) is 10.0. The maximum atomic E-state index is 14.8. The summed E-state index contributed by atoms with van der Waals surface area (Å²) in [6, 6.07) is 15.3. The van der Waals surface area contributed by atoms with Crippen molar-refractivity contribution in [1.29, 1.82) is 5.26 Å². The average molecular weight is 398 g/mol. The van der Waals surface area contributed by atoms with Crippen LogP contribution in [0.4, 0.5) is 4.39 Å². The Balaban J connectivity index is 1.56. The van der Waals surface area contributed by atoms with E-state index in [0.717, 1.165) is 29.3 Å². The van der Waals surface area contributed by atoms with Crippen LogP contribution in [0.2, 0.25) is 0 Å². The van der Waals surface area contributed by atoms with Gasteiger partial charge in [0.05, 0.1) is 23.8 Å². The predicted molar refractivity (Wildman–Crippen MR) is 111 cm³/mol. The van der Waals surface area contributed by atoms with Crippen molar-refractivity contribution in [2.24, 2.45) is 0 Å². The van der Waals surface area contributed by atoms with Gasteiger partial charge < -0.3 is 4.42 Å². The molecule has 0 spiro atoms. The Kier molecular flexibility index (Phi) is 4.51. The van der Waals surface area contributed by atoms with E-state index in [1.807, 2.05) is 30.3 Å². The number of rotatable bonds is 4. The molecule has 0 bridgehead atoms. The number of oxazole rings is 1. The molecule has 1 fully saturated rings. The van der Waals surface area contributed by atoms with Crippen LogP contribution in [0.1, 0.15) is 37.3 Å². The zero-order chi connectivity index (χ0) is 20.6. The summed E-state index contributed by atoms with van der Waals surface area (Å²) in [7, 11) is 0. The van der Waals surface area contributed by atoms with E-state index in [-0.39, 0.29) is 6.42 Å². The van der Waals surface area contributed by atoms with Gasteiger partial charge >= 0.3 is 0 Å². The van der Waals surface area contributed by atoms with Crippen LogP contribution in [0, 0.1) is 11.3 Å².